The monoisotopic (exact) mass is 185 g/mol. The van der Waals surface area contributed by atoms with Crippen LogP contribution in [0.3, 0.4) is 0 Å². The van der Waals surface area contributed by atoms with Crippen LogP contribution >= 0.6 is 25.3 Å². The van der Waals surface area contributed by atoms with Gasteiger partial charge in [0.1, 0.15) is 0 Å². The molecule has 0 radical (unpaired) electrons. The summed E-state index contributed by atoms with van der Waals surface area (Å²) < 4.78 is 0. The molecule has 0 saturated heterocycles. The Morgan fingerprint density at radius 2 is 2.36 bits per heavy atom. The second-order valence-electron chi connectivity index (χ2n) is 1.77. The van der Waals surface area contributed by atoms with E-state index in [1.165, 1.54) is 0 Å². The lowest BCUT2D eigenvalue weighted by Gasteiger charge is -1.93. The molecule has 3 heteroatoms. The molecular formula is C8H11NS2. The predicted octanol–water partition coefficient (Wildman–Crippen LogP) is 2.47. The smallest absolute Gasteiger partial charge is 0.0962 e. The van der Waals surface area contributed by atoms with Crippen molar-refractivity contribution >= 4 is 25.3 Å². The molecule has 0 aliphatic rings. The molecule has 0 saturated carbocycles. The molecule has 0 aromatic carbocycles. The van der Waals surface area contributed by atoms with Gasteiger partial charge in [0.25, 0.3) is 0 Å². The Bertz CT molecular complexity index is 199. The number of hydrogen-bond acceptors (Lipinski definition) is 2. The first-order valence-electron chi connectivity index (χ1n) is 3.08. The number of pyridine rings is 1. The van der Waals surface area contributed by atoms with Gasteiger partial charge in [0.05, 0.1) is 5.03 Å². The third kappa shape index (κ3) is 4.11. The topological polar surface area (TPSA) is 12.9 Å². The van der Waals surface area contributed by atoms with Crippen molar-refractivity contribution in [3.63, 3.8) is 0 Å². The van der Waals surface area contributed by atoms with Gasteiger partial charge in [-0.2, -0.15) is 13.5 Å². The van der Waals surface area contributed by atoms with Crippen LogP contribution in [0.1, 0.15) is 0 Å². The molecular weight excluding hydrogens is 174 g/mol. The standard InChI is InChI=1S/C8H9NS.H2S/c1-2-7-10-8-5-3-4-6-9-8;/h2-6H,1,7H2;1H2. The van der Waals surface area contributed by atoms with Crippen molar-refractivity contribution in [2.24, 2.45) is 0 Å². The number of thioether (sulfide) groups is 1. The SMILES string of the molecule is C=CCSc1ccccn1.S. The minimum atomic E-state index is 0. The zero-order valence-corrected chi connectivity index (χ0v) is 7.97. The zero-order chi connectivity index (χ0) is 7.23. The van der Waals surface area contributed by atoms with Gasteiger partial charge in [0.15, 0.2) is 0 Å². The highest BCUT2D eigenvalue weighted by Crippen LogP contribution is 2.12. The van der Waals surface area contributed by atoms with E-state index in [1.807, 2.05) is 24.3 Å². The lowest BCUT2D eigenvalue weighted by atomic mass is 10.5. The second kappa shape index (κ2) is 6.31. The third-order valence-electron chi connectivity index (χ3n) is 0.987. The Morgan fingerprint density at radius 1 is 1.55 bits per heavy atom. The van der Waals surface area contributed by atoms with Crippen LogP contribution in [0.4, 0.5) is 0 Å². The summed E-state index contributed by atoms with van der Waals surface area (Å²) in [7, 11) is 0. The van der Waals surface area contributed by atoms with Crippen molar-refractivity contribution in [1.82, 2.24) is 4.98 Å². The van der Waals surface area contributed by atoms with Crippen molar-refractivity contribution in [3.05, 3.63) is 37.1 Å². The van der Waals surface area contributed by atoms with E-state index in [4.69, 9.17) is 0 Å². The maximum absolute atomic E-state index is 4.13. The quantitative estimate of drug-likeness (QED) is 0.530. The van der Waals surface area contributed by atoms with E-state index in [0.29, 0.717) is 0 Å². The summed E-state index contributed by atoms with van der Waals surface area (Å²) >= 11 is 1.69. The molecule has 1 aromatic heterocycles. The highest BCUT2D eigenvalue weighted by molar-refractivity contribution is 7.99. The molecule has 11 heavy (non-hydrogen) atoms. The van der Waals surface area contributed by atoms with Gasteiger partial charge in [-0.15, -0.1) is 18.3 Å². The molecule has 0 unspecified atom stereocenters. The van der Waals surface area contributed by atoms with Crippen LogP contribution < -0.4 is 0 Å². The number of hydrogen-bond donors (Lipinski definition) is 0. The fraction of sp³-hybridized carbons (Fsp3) is 0.125. The van der Waals surface area contributed by atoms with Gasteiger partial charge in [-0.05, 0) is 12.1 Å². The number of nitrogens with zero attached hydrogens (tertiary/aromatic N) is 1. The Labute approximate surface area is 78.4 Å². The molecule has 0 fully saturated rings. The van der Waals surface area contributed by atoms with Gasteiger partial charge in [-0.3, -0.25) is 0 Å². The van der Waals surface area contributed by atoms with E-state index in [0.717, 1.165) is 10.8 Å². The largest absolute Gasteiger partial charge is 0.250 e. The summed E-state index contributed by atoms with van der Waals surface area (Å²) in [6.07, 6.45) is 3.67. The van der Waals surface area contributed by atoms with E-state index in [9.17, 15) is 0 Å². The Balaban J connectivity index is 0.000001000. The molecule has 60 valence electrons. The molecule has 1 rings (SSSR count). The average Bonchev–Trinajstić information content (AvgIpc) is 2.03. The Hall–Kier alpha value is -0.410. The van der Waals surface area contributed by atoms with Gasteiger partial charge in [-0.1, -0.05) is 12.1 Å². The molecule has 0 bridgehead atoms. The molecule has 1 heterocycles. The fourth-order valence-electron chi connectivity index (χ4n) is 0.577. The fourth-order valence-corrected chi connectivity index (χ4v) is 1.18. The lowest BCUT2D eigenvalue weighted by Crippen LogP contribution is -1.76. The van der Waals surface area contributed by atoms with E-state index < -0.39 is 0 Å². The molecule has 0 atom stereocenters. The van der Waals surface area contributed by atoms with E-state index in [1.54, 1.807) is 18.0 Å². The maximum Gasteiger partial charge on any atom is 0.0962 e. The summed E-state index contributed by atoms with van der Waals surface area (Å²) in [4.78, 5) is 4.13. The molecule has 0 aliphatic carbocycles. The van der Waals surface area contributed by atoms with Crippen LogP contribution in [0.25, 0.3) is 0 Å². The first kappa shape index (κ1) is 10.6. The summed E-state index contributed by atoms with van der Waals surface area (Å²) in [5.41, 5.74) is 0. The van der Waals surface area contributed by atoms with Crippen molar-refractivity contribution in [3.8, 4) is 0 Å². The molecule has 0 spiro atoms. The van der Waals surface area contributed by atoms with Crippen LogP contribution in [0.2, 0.25) is 0 Å². The molecule has 1 nitrogen and oxygen atoms in total. The van der Waals surface area contributed by atoms with Crippen LogP contribution in [-0.2, 0) is 0 Å². The van der Waals surface area contributed by atoms with Crippen molar-refractivity contribution in [2.75, 3.05) is 5.75 Å². The van der Waals surface area contributed by atoms with Crippen molar-refractivity contribution in [1.29, 1.82) is 0 Å². The number of aromatic nitrogens is 1. The van der Waals surface area contributed by atoms with Crippen molar-refractivity contribution in [2.45, 2.75) is 5.03 Å². The van der Waals surface area contributed by atoms with Gasteiger partial charge >= 0.3 is 0 Å². The normalized spacial score (nSPS) is 8.36. The second-order valence-corrected chi connectivity index (χ2v) is 2.81. The minimum absolute atomic E-state index is 0. The van der Waals surface area contributed by atoms with Gasteiger partial charge in [0.2, 0.25) is 0 Å². The maximum atomic E-state index is 4.13. The summed E-state index contributed by atoms with van der Waals surface area (Å²) in [6, 6.07) is 5.89. The average molecular weight is 185 g/mol. The van der Waals surface area contributed by atoms with E-state index in [2.05, 4.69) is 11.6 Å². The molecule has 1 aromatic rings. The van der Waals surface area contributed by atoms with Crippen LogP contribution in [0.5, 0.6) is 0 Å². The van der Waals surface area contributed by atoms with Crippen LogP contribution in [-0.4, -0.2) is 10.7 Å². The summed E-state index contributed by atoms with van der Waals surface area (Å²) in [5, 5.41) is 1.06. The molecule has 0 N–H and O–H groups in total. The summed E-state index contributed by atoms with van der Waals surface area (Å²) in [6.45, 7) is 3.63. The Morgan fingerprint density at radius 3 is 2.91 bits per heavy atom. The highest BCUT2D eigenvalue weighted by atomic mass is 32.2. The first-order chi connectivity index (χ1) is 4.93. The van der Waals surface area contributed by atoms with Gasteiger partial charge in [0, 0.05) is 11.9 Å². The van der Waals surface area contributed by atoms with E-state index in [-0.39, 0.29) is 13.5 Å². The van der Waals surface area contributed by atoms with Crippen LogP contribution in [0.15, 0.2) is 42.1 Å². The lowest BCUT2D eigenvalue weighted by molar-refractivity contribution is 1.14. The van der Waals surface area contributed by atoms with E-state index >= 15 is 0 Å². The summed E-state index contributed by atoms with van der Waals surface area (Å²) in [5.74, 6) is 0.928. The minimum Gasteiger partial charge on any atom is -0.250 e. The number of rotatable bonds is 3. The van der Waals surface area contributed by atoms with Crippen molar-refractivity contribution < 1.29 is 0 Å². The zero-order valence-electron chi connectivity index (χ0n) is 6.16. The van der Waals surface area contributed by atoms with Gasteiger partial charge < -0.3 is 0 Å². The predicted molar refractivity (Wildman–Crippen MR) is 55.5 cm³/mol. The highest BCUT2D eigenvalue weighted by Gasteiger charge is 1.87. The van der Waals surface area contributed by atoms with Gasteiger partial charge in [-0.25, -0.2) is 4.98 Å². The first-order valence-corrected chi connectivity index (χ1v) is 4.07. The third-order valence-corrected chi connectivity index (χ3v) is 1.93. The molecule has 0 amide bonds. The Kier molecular flexibility index (Phi) is 6.07. The molecule has 0 aliphatic heterocycles. The van der Waals surface area contributed by atoms with Crippen LogP contribution in [0, 0.1) is 0 Å².